The maximum absolute atomic E-state index is 14.2. The SMILES string of the molecule is CC1(C)N=C(C23CC(N(Cc4ccc(Cl)c(F)c4)S(=O)(=O)c4ccccc4)(C2)C3)N[C@H]1C(=O)NC1CCC1. The first-order chi connectivity index (χ1) is 17.9. The van der Waals surface area contributed by atoms with Crippen LogP contribution in [0.2, 0.25) is 5.02 Å². The highest BCUT2D eigenvalue weighted by atomic mass is 35.5. The molecule has 1 atom stereocenters. The lowest BCUT2D eigenvalue weighted by Gasteiger charge is -2.72. The van der Waals surface area contributed by atoms with E-state index in [1.807, 2.05) is 13.8 Å². The third-order valence-electron chi connectivity index (χ3n) is 8.78. The Morgan fingerprint density at radius 1 is 1.16 bits per heavy atom. The normalized spacial score (nSPS) is 29.5. The van der Waals surface area contributed by atoms with Crippen LogP contribution in [0.1, 0.15) is 57.9 Å². The summed E-state index contributed by atoms with van der Waals surface area (Å²) in [7, 11) is -3.86. The van der Waals surface area contributed by atoms with Crippen LogP contribution in [0.4, 0.5) is 4.39 Å². The third-order valence-corrected chi connectivity index (χ3v) is 11.0. The number of nitrogens with one attached hydrogen (secondary N) is 2. The van der Waals surface area contributed by atoms with E-state index in [0.717, 1.165) is 25.1 Å². The lowest BCUT2D eigenvalue weighted by Crippen LogP contribution is -2.78. The first-order valence-corrected chi connectivity index (χ1v) is 15.0. The molecule has 4 saturated carbocycles. The molecule has 2 N–H and O–H groups in total. The van der Waals surface area contributed by atoms with E-state index in [-0.39, 0.29) is 33.8 Å². The van der Waals surface area contributed by atoms with E-state index in [0.29, 0.717) is 24.8 Å². The van der Waals surface area contributed by atoms with Gasteiger partial charge in [-0.15, -0.1) is 0 Å². The first kappa shape index (κ1) is 25.8. The molecule has 4 fully saturated rings. The molecule has 10 heteroatoms. The molecule has 0 aromatic heterocycles. The van der Waals surface area contributed by atoms with E-state index < -0.39 is 33.0 Å². The van der Waals surface area contributed by atoms with Crippen LogP contribution in [0.5, 0.6) is 0 Å². The van der Waals surface area contributed by atoms with Crippen LogP contribution in [0.3, 0.4) is 0 Å². The number of sulfonamides is 1. The molecule has 38 heavy (non-hydrogen) atoms. The Bertz CT molecular complexity index is 1410. The largest absolute Gasteiger partial charge is 0.360 e. The summed E-state index contributed by atoms with van der Waals surface area (Å²) in [5, 5.41) is 6.54. The van der Waals surface area contributed by atoms with Gasteiger partial charge in [-0.1, -0.05) is 35.9 Å². The van der Waals surface area contributed by atoms with Gasteiger partial charge in [0.2, 0.25) is 15.9 Å². The molecule has 1 aliphatic heterocycles. The molecular weight excluding hydrogens is 527 g/mol. The van der Waals surface area contributed by atoms with Crippen molar-refractivity contribution >= 4 is 33.4 Å². The van der Waals surface area contributed by atoms with Gasteiger partial charge in [0.25, 0.3) is 0 Å². The Balaban J connectivity index is 1.24. The number of amides is 1. The van der Waals surface area contributed by atoms with E-state index in [1.165, 1.54) is 16.4 Å². The molecule has 2 aromatic carbocycles. The van der Waals surface area contributed by atoms with Crippen LogP contribution in [-0.2, 0) is 21.4 Å². The minimum Gasteiger partial charge on any atom is -0.360 e. The van der Waals surface area contributed by atoms with Crippen molar-refractivity contribution in [3.8, 4) is 0 Å². The van der Waals surface area contributed by atoms with Crippen molar-refractivity contribution in [3.63, 3.8) is 0 Å². The summed E-state index contributed by atoms with van der Waals surface area (Å²) in [6.07, 6.45) is 4.97. The second-order valence-corrected chi connectivity index (χ2v) is 14.2. The van der Waals surface area contributed by atoms with Crippen molar-refractivity contribution in [2.45, 2.75) is 87.0 Å². The highest BCUT2D eigenvalue weighted by Crippen LogP contribution is 2.71. The maximum Gasteiger partial charge on any atom is 0.245 e. The van der Waals surface area contributed by atoms with Gasteiger partial charge in [-0.05, 0) is 82.2 Å². The van der Waals surface area contributed by atoms with Crippen molar-refractivity contribution in [2.24, 2.45) is 10.4 Å². The molecule has 7 nitrogen and oxygen atoms in total. The molecule has 4 aliphatic carbocycles. The number of hydrogen-bond acceptors (Lipinski definition) is 5. The summed E-state index contributed by atoms with van der Waals surface area (Å²) in [4.78, 5) is 18.1. The van der Waals surface area contributed by atoms with Gasteiger partial charge in [0.15, 0.2) is 0 Å². The van der Waals surface area contributed by atoms with Crippen LogP contribution in [0, 0.1) is 11.2 Å². The molecule has 202 valence electrons. The van der Waals surface area contributed by atoms with E-state index >= 15 is 0 Å². The van der Waals surface area contributed by atoms with E-state index in [4.69, 9.17) is 16.6 Å². The second kappa shape index (κ2) is 8.76. The summed E-state index contributed by atoms with van der Waals surface area (Å²) in [5.41, 5.74) is -0.929. The van der Waals surface area contributed by atoms with Gasteiger partial charge in [-0.25, -0.2) is 12.8 Å². The topological polar surface area (TPSA) is 90.9 Å². The van der Waals surface area contributed by atoms with Crippen LogP contribution < -0.4 is 10.6 Å². The fraction of sp³-hybridized carbons (Fsp3) is 0.500. The molecule has 2 bridgehead atoms. The Kier molecular flexibility index (Phi) is 5.94. The van der Waals surface area contributed by atoms with E-state index in [2.05, 4.69) is 10.6 Å². The fourth-order valence-electron chi connectivity index (χ4n) is 6.47. The van der Waals surface area contributed by atoms with Gasteiger partial charge in [-0.2, -0.15) is 4.31 Å². The van der Waals surface area contributed by atoms with Gasteiger partial charge in [0.05, 0.1) is 15.5 Å². The number of carbonyl (C=O) groups excluding carboxylic acids is 1. The van der Waals surface area contributed by atoms with Crippen LogP contribution in [0.25, 0.3) is 0 Å². The van der Waals surface area contributed by atoms with Gasteiger partial charge in [0, 0.05) is 23.5 Å². The Morgan fingerprint density at radius 2 is 1.84 bits per heavy atom. The zero-order valence-electron chi connectivity index (χ0n) is 21.5. The molecule has 1 amide bonds. The van der Waals surface area contributed by atoms with E-state index in [1.54, 1.807) is 36.4 Å². The van der Waals surface area contributed by atoms with Gasteiger partial charge in [0.1, 0.15) is 17.7 Å². The van der Waals surface area contributed by atoms with Crippen LogP contribution in [0.15, 0.2) is 58.4 Å². The van der Waals surface area contributed by atoms with Gasteiger partial charge < -0.3 is 10.6 Å². The molecule has 0 unspecified atom stereocenters. The number of carbonyl (C=O) groups is 1. The molecule has 0 spiro atoms. The minimum atomic E-state index is -3.86. The monoisotopic (exact) mass is 558 g/mol. The fourth-order valence-corrected chi connectivity index (χ4v) is 8.37. The highest BCUT2D eigenvalue weighted by molar-refractivity contribution is 7.89. The molecule has 0 radical (unpaired) electrons. The molecule has 1 heterocycles. The first-order valence-electron chi connectivity index (χ1n) is 13.1. The summed E-state index contributed by atoms with van der Waals surface area (Å²) in [6, 6.07) is 12.6. The lowest BCUT2D eigenvalue weighted by atomic mass is 9.38. The van der Waals surface area contributed by atoms with Crippen molar-refractivity contribution in [3.05, 3.63) is 64.9 Å². The Hall–Kier alpha value is -2.49. The molecule has 2 aromatic rings. The van der Waals surface area contributed by atoms with E-state index in [9.17, 15) is 17.6 Å². The average Bonchev–Trinajstić information content (AvgIpc) is 3.11. The summed E-state index contributed by atoms with van der Waals surface area (Å²) in [5.74, 6) is 0.193. The molecular formula is C28H32ClFN4O3S. The number of aliphatic imine (C=N–C) groups is 1. The van der Waals surface area contributed by atoms with Crippen molar-refractivity contribution in [1.29, 1.82) is 0 Å². The quantitative estimate of drug-likeness (QED) is 0.502. The summed E-state index contributed by atoms with van der Waals surface area (Å²) in [6.45, 7) is 3.96. The smallest absolute Gasteiger partial charge is 0.245 e. The average molecular weight is 559 g/mol. The second-order valence-electron chi connectivity index (χ2n) is 11.9. The summed E-state index contributed by atoms with van der Waals surface area (Å²) >= 11 is 5.87. The number of halogens is 2. The Labute approximate surface area is 227 Å². The highest BCUT2D eigenvalue weighted by Gasteiger charge is 2.75. The van der Waals surface area contributed by atoms with Crippen molar-refractivity contribution in [2.75, 3.05) is 0 Å². The maximum atomic E-state index is 14.2. The predicted octanol–water partition coefficient (Wildman–Crippen LogP) is 4.41. The summed E-state index contributed by atoms with van der Waals surface area (Å²) < 4.78 is 43.5. The molecule has 0 saturated heterocycles. The zero-order valence-corrected chi connectivity index (χ0v) is 23.1. The number of rotatable bonds is 8. The minimum absolute atomic E-state index is 0.000446. The molecule has 5 aliphatic rings. The number of hydrogen-bond donors (Lipinski definition) is 2. The van der Waals surface area contributed by atoms with Crippen molar-refractivity contribution < 1.29 is 17.6 Å². The third kappa shape index (κ3) is 4.05. The molecule has 7 rings (SSSR count). The predicted molar refractivity (Wildman–Crippen MR) is 144 cm³/mol. The zero-order chi connectivity index (χ0) is 26.9. The van der Waals surface area contributed by atoms with Gasteiger partial charge >= 0.3 is 0 Å². The number of amidine groups is 1. The van der Waals surface area contributed by atoms with Gasteiger partial charge in [-0.3, -0.25) is 9.79 Å². The van der Waals surface area contributed by atoms with Crippen LogP contribution >= 0.6 is 11.6 Å². The van der Waals surface area contributed by atoms with Crippen LogP contribution in [-0.4, -0.2) is 47.6 Å². The lowest BCUT2D eigenvalue weighted by molar-refractivity contribution is -0.151. The van der Waals surface area contributed by atoms with Crippen molar-refractivity contribution in [1.82, 2.24) is 14.9 Å². The number of nitrogens with zero attached hydrogens (tertiary/aromatic N) is 2. The standard InChI is InChI=1S/C28H32ClFN4O3S/c1-26(2)23(24(35)31-19-7-6-8-19)32-25(33-26)27-15-28(16-27,17-27)34(14-18-11-12-21(29)22(30)13-18)38(36,37)20-9-4-3-5-10-20/h3-5,9-13,19,23H,6-8,14-17H2,1-2H3,(H,31,35)(H,32,33)/t23-,27?,28?/m0/s1. The number of benzene rings is 2. The Morgan fingerprint density at radius 3 is 2.45 bits per heavy atom.